The topological polar surface area (TPSA) is 34.1 Å². The molecule has 3 heteroatoms. The van der Waals surface area contributed by atoms with Crippen molar-refractivity contribution in [2.45, 2.75) is 37.9 Å². The summed E-state index contributed by atoms with van der Waals surface area (Å²) in [5.74, 6) is 1.90. The molecule has 0 N–H and O–H groups in total. The molecule has 1 rings (SSSR count). The summed E-state index contributed by atoms with van der Waals surface area (Å²) in [6, 6.07) is 0. The van der Waals surface area contributed by atoms with E-state index in [0.29, 0.717) is 0 Å². The Morgan fingerprint density at radius 1 is 1.33 bits per heavy atom. The van der Waals surface area contributed by atoms with Crippen molar-refractivity contribution in [2.24, 2.45) is 5.41 Å². The van der Waals surface area contributed by atoms with Crippen molar-refractivity contribution in [1.82, 2.24) is 0 Å². The Hall–Kier alpha value is -0.141. The second-order valence-corrected chi connectivity index (χ2v) is 4.96. The van der Waals surface area contributed by atoms with Gasteiger partial charge in [-0.3, -0.25) is 0 Å². The molecule has 68 valence electrons. The first-order chi connectivity index (χ1) is 5.75. The standard InChI is InChI=1S/C9H14O2Se/c1-12-8(11)9(7-10)5-3-2-4-6-9/h7H,2-6H2,1H3. The minimum absolute atomic E-state index is 0.0156. The van der Waals surface area contributed by atoms with Crippen LogP contribution in [-0.2, 0) is 9.59 Å². The van der Waals surface area contributed by atoms with Crippen molar-refractivity contribution < 1.29 is 9.59 Å². The number of carbonyl (C=O) groups is 2. The van der Waals surface area contributed by atoms with Crippen molar-refractivity contribution in [1.29, 1.82) is 0 Å². The molecule has 0 bridgehead atoms. The monoisotopic (exact) mass is 234 g/mol. The number of hydrogen-bond acceptors (Lipinski definition) is 2. The van der Waals surface area contributed by atoms with Gasteiger partial charge in [-0.15, -0.1) is 0 Å². The third-order valence-corrected chi connectivity index (χ3v) is 4.19. The number of aldehydes is 1. The van der Waals surface area contributed by atoms with Gasteiger partial charge in [-0.05, 0) is 0 Å². The van der Waals surface area contributed by atoms with Crippen molar-refractivity contribution in [3.63, 3.8) is 0 Å². The van der Waals surface area contributed by atoms with Gasteiger partial charge in [-0.1, -0.05) is 0 Å². The summed E-state index contributed by atoms with van der Waals surface area (Å²) in [5.41, 5.74) is -0.562. The van der Waals surface area contributed by atoms with Gasteiger partial charge in [-0.2, -0.15) is 0 Å². The Morgan fingerprint density at radius 2 is 1.92 bits per heavy atom. The van der Waals surface area contributed by atoms with E-state index in [-0.39, 0.29) is 19.6 Å². The Balaban J connectivity index is 2.72. The molecule has 1 aliphatic carbocycles. The van der Waals surface area contributed by atoms with Crippen LogP contribution in [0.25, 0.3) is 0 Å². The fourth-order valence-electron chi connectivity index (χ4n) is 1.76. The van der Waals surface area contributed by atoms with E-state index in [1.165, 1.54) is 6.42 Å². The average molecular weight is 233 g/mol. The second kappa shape index (κ2) is 4.20. The first-order valence-corrected chi connectivity index (χ1v) is 6.87. The van der Waals surface area contributed by atoms with Crippen LogP contribution >= 0.6 is 0 Å². The van der Waals surface area contributed by atoms with Crippen LogP contribution in [0.15, 0.2) is 0 Å². The van der Waals surface area contributed by atoms with Crippen molar-refractivity contribution in [3.8, 4) is 0 Å². The van der Waals surface area contributed by atoms with Crippen LogP contribution in [0, 0.1) is 5.41 Å². The van der Waals surface area contributed by atoms with E-state index in [1.54, 1.807) is 0 Å². The summed E-state index contributed by atoms with van der Waals surface area (Å²) >= 11 is -0.0156. The molecule has 1 fully saturated rings. The first-order valence-electron chi connectivity index (χ1n) is 4.30. The molecule has 0 aromatic rings. The van der Waals surface area contributed by atoms with Gasteiger partial charge in [0, 0.05) is 0 Å². The van der Waals surface area contributed by atoms with Gasteiger partial charge in [0.25, 0.3) is 0 Å². The number of hydrogen-bond donors (Lipinski definition) is 0. The van der Waals surface area contributed by atoms with Gasteiger partial charge in [0.1, 0.15) is 0 Å². The maximum atomic E-state index is 11.5. The molecule has 0 aromatic heterocycles. The molecule has 0 aromatic carbocycles. The van der Waals surface area contributed by atoms with Crippen molar-refractivity contribution >= 4 is 25.9 Å². The van der Waals surface area contributed by atoms with Crippen molar-refractivity contribution in [3.05, 3.63) is 0 Å². The fraction of sp³-hybridized carbons (Fsp3) is 0.778. The SMILES string of the molecule is C[Se]C(=O)C1(C=O)CCCCC1. The summed E-state index contributed by atoms with van der Waals surface area (Å²) in [7, 11) is 0. The van der Waals surface area contributed by atoms with Crippen LogP contribution in [0.1, 0.15) is 32.1 Å². The molecule has 0 spiro atoms. The quantitative estimate of drug-likeness (QED) is 0.419. The van der Waals surface area contributed by atoms with E-state index in [9.17, 15) is 9.59 Å². The Kier molecular flexibility index (Phi) is 3.48. The van der Waals surface area contributed by atoms with Crippen LogP contribution < -0.4 is 0 Å². The van der Waals surface area contributed by atoms with Crippen LogP contribution in [0.4, 0.5) is 0 Å². The molecular weight excluding hydrogens is 219 g/mol. The Morgan fingerprint density at radius 3 is 2.33 bits per heavy atom. The van der Waals surface area contributed by atoms with Crippen LogP contribution in [0.2, 0.25) is 5.82 Å². The predicted molar refractivity (Wildman–Crippen MR) is 48.2 cm³/mol. The predicted octanol–water partition coefficient (Wildman–Crippen LogP) is 1.41. The minimum atomic E-state index is -0.562. The molecular formula is C9H14O2Se. The molecule has 0 aliphatic heterocycles. The molecule has 0 unspecified atom stereocenters. The van der Waals surface area contributed by atoms with Gasteiger partial charge in [0.2, 0.25) is 0 Å². The second-order valence-electron chi connectivity index (χ2n) is 3.33. The van der Waals surface area contributed by atoms with Gasteiger partial charge in [0.05, 0.1) is 0 Å². The first kappa shape index (κ1) is 9.94. The summed E-state index contributed by atoms with van der Waals surface area (Å²) in [5, 5.41) is 0. The van der Waals surface area contributed by atoms with Crippen LogP contribution in [-0.4, -0.2) is 25.9 Å². The van der Waals surface area contributed by atoms with E-state index >= 15 is 0 Å². The van der Waals surface area contributed by atoms with Gasteiger partial charge < -0.3 is 0 Å². The van der Waals surface area contributed by atoms with E-state index in [0.717, 1.165) is 32.0 Å². The molecule has 0 radical (unpaired) electrons. The van der Waals surface area contributed by atoms with E-state index in [2.05, 4.69) is 0 Å². The van der Waals surface area contributed by atoms with Gasteiger partial charge in [-0.25, -0.2) is 0 Å². The molecule has 2 nitrogen and oxygen atoms in total. The molecule has 12 heavy (non-hydrogen) atoms. The number of rotatable bonds is 3. The third kappa shape index (κ3) is 1.78. The zero-order valence-electron chi connectivity index (χ0n) is 7.34. The Bertz CT molecular complexity index is 183. The summed E-state index contributed by atoms with van der Waals surface area (Å²) in [4.78, 5) is 22.4. The maximum absolute atomic E-state index is 11.5. The van der Waals surface area contributed by atoms with E-state index in [4.69, 9.17) is 0 Å². The normalized spacial score (nSPS) is 21.8. The molecule has 1 saturated carbocycles. The molecule has 0 saturated heterocycles. The molecule has 0 atom stereocenters. The third-order valence-electron chi connectivity index (χ3n) is 2.56. The van der Waals surface area contributed by atoms with Crippen molar-refractivity contribution in [2.75, 3.05) is 0 Å². The molecule has 0 amide bonds. The van der Waals surface area contributed by atoms with E-state index in [1.807, 2.05) is 5.82 Å². The van der Waals surface area contributed by atoms with Gasteiger partial charge in [0.15, 0.2) is 0 Å². The summed E-state index contributed by atoms with van der Waals surface area (Å²) < 4.78 is 0.199. The van der Waals surface area contributed by atoms with Crippen LogP contribution in [0.5, 0.6) is 0 Å². The zero-order valence-corrected chi connectivity index (χ0v) is 9.05. The molecule has 0 heterocycles. The summed E-state index contributed by atoms with van der Waals surface area (Å²) in [6.45, 7) is 0. The molecule has 1 aliphatic rings. The fourth-order valence-corrected chi connectivity index (χ4v) is 3.14. The summed E-state index contributed by atoms with van der Waals surface area (Å²) in [6.07, 6.45) is 5.76. The van der Waals surface area contributed by atoms with Crippen LogP contribution in [0.3, 0.4) is 0 Å². The van der Waals surface area contributed by atoms with E-state index < -0.39 is 5.41 Å². The number of carbonyl (C=O) groups excluding carboxylic acids is 2. The zero-order chi connectivity index (χ0) is 9.03. The Labute approximate surface area is 79.3 Å². The average Bonchev–Trinajstić information content (AvgIpc) is 2.17. The van der Waals surface area contributed by atoms with Gasteiger partial charge >= 0.3 is 78.9 Å².